The quantitative estimate of drug-likeness (QED) is 0.429. The van der Waals surface area contributed by atoms with Crippen LogP contribution in [0.15, 0.2) is 0 Å². The molecule has 3 rings (SSSR count). The second-order valence-corrected chi connectivity index (χ2v) is 6.47. The first-order valence-electron chi connectivity index (χ1n) is 7.10. The first-order valence-corrected chi connectivity index (χ1v) is 7.10. The summed E-state index contributed by atoms with van der Waals surface area (Å²) >= 11 is 0. The summed E-state index contributed by atoms with van der Waals surface area (Å²) in [5.41, 5.74) is 3.86. The van der Waals surface area contributed by atoms with E-state index in [-0.39, 0.29) is 23.7 Å². The van der Waals surface area contributed by atoms with Gasteiger partial charge in [0.15, 0.2) is 5.72 Å². The van der Waals surface area contributed by atoms with E-state index in [9.17, 15) is 14.4 Å². The summed E-state index contributed by atoms with van der Waals surface area (Å²) < 4.78 is 9.86. The smallest absolute Gasteiger partial charge is 0.450 e. The number of halogens is 1. The lowest BCUT2D eigenvalue weighted by atomic mass is 9.95. The minimum Gasteiger partial charge on any atom is -0.450 e. The van der Waals surface area contributed by atoms with E-state index < -0.39 is 42.0 Å². The number of ether oxygens (including phenoxy) is 2. The third kappa shape index (κ3) is 2.78. The van der Waals surface area contributed by atoms with Gasteiger partial charge in [-0.2, -0.15) is 0 Å². The summed E-state index contributed by atoms with van der Waals surface area (Å²) in [6.45, 7) is 1.47. The van der Waals surface area contributed by atoms with Gasteiger partial charge in [-0.05, 0) is 25.2 Å². The molecule has 0 unspecified atom stereocenters. The van der Waals surface area contributed by atoms with E-state index in [1.807, 2.05) is 0 Å². The van der Waals surface area contributed by atoms with Gasteiger partial charge in [-0.1, -0.05) is 0 Å². The van der Waals surface area contributed by atoms with Crippen LogP contribution in [0, 0.1) is 17.3 Å². The lowest BCUT2D eigenvalue weighted by Crippen LogP contribution is -2.57. The number of carbonyl (C=O) groups is 3. The normalized spacial score (nSPS) is 36.2. The molecule has 9 nitrogen and oxygen atoms in total. The molecule has 0 aromatic heterocycles. The molecule has 0 aliphatic heterocycles. The fourth-order valence-corrected chi connectivity index (χ4v) is 4.00. The van der Waals surface area contributed by atoms with Crippen molar-refractivity contribution in [1.82, 2.24) is 5.32 Å². The molecule has 0 saturated heterocycles. The van der Waals surface area contributed by atoms with Crippen LogP contribution in [0.4, 0.5) is 9.59 Å². The maximum atomic E-state index is 11.9. The fourth-order valence-electron chi connectivity index (χ4n) is 4.00. The average molecular weight is 351 g/mol. The molecule has 0 aromatic rings. The number of nitrogens with two attached hydrogens (primary N) is 1. The Labute approximate surface area is 137 Å². The fraction of sp³-hybridized carbons (Fsp3) is 0.769. The molecule has 0 bridgehead atoms. The van der Waals surface area contributed by atoms with Crippen molar-refractivity contribution in [2.24, 2.45) is 23.0 Å². The van der Waals surface area contributed by atoms with Crippen LogP contribution in [0.25, 0.3) is 0 Å². The zero-order valence-electron chi connectivity index (χ0n) is 12.4. The second kappa shape index (κ2) is 5.41. The Morgan fingerprint density at radius 3 is 2.26 bits per heavy atom. The van der Waals surface area contributed by atoms with Crippen LogP contribution in [-0.2, 0) is 14.3 Å². The summed E-state index contributed by atoms with van der Waals surface area (Å²) in [6, 6.07) is -0.832. The highest BCUT2D eigenvalue weighted by molar-refractivity contribution is 5.85. The molecule has 3 aliphatic rings. The highest BCUT2D eigenvalue weighted by Gasteiger charge is 2.82. The van der Waals surface area contributed by atoms with Crippen molar-refractivity contribution in [2.45, 2.75) is 44.1 Å². The largest absolute Gasteiger partial charge is 0.507 e. The molecule has 23 heavy (non-hydrogen) atoms. The molecule has 5 N–H and O–H groups in total. The first-order chi connectivity index (χ1) is 10.2. The van der Waals surface area contributed by atoms with Gasteiger partial charge in [0.25, 0.3) is 0 Å². The number of fused-ring (bicyclic) bond motifs is 2. The summed E-state index contributed by atoms with van der Waals surface area (Å²) in [5, 5.41) is 20.4. The summed E-state index contributed by atoms with van der Waals surface area (Å²) in [5.74, 6) is -1.15. The van der Waals surface area contributed by atoms with Crippen LogP contribution in [0.3, 0.4) is 0 Å². The van der Waals surface area contributed by atoms with E-state index in [4.69, 9.17) is 25.4 Å². The predicted molar refractivity (Wildman–Crippen MR) is 77.0 cm³/mol. The minimum absolute atomic E-state index is 0. The highest BCUT2D eigenvalue weighted by Crippen LogP contribution is 2.76. The Balaban J connectivity index is 0.00000192. The maximum Gasteiger partial charge on any atom is 0.507 e. The highest BCUT2D eigenvalue weighted by atomic mass is 35.5. The van der Waals surface area contributed by atoms with Crippen LogP contribution in [0.5, 0.6) is 0 Å². The Hall–Kier alpha value is -1.74. The standard InChI is InChI=1S/C13H18N2O7.ClH/c1-5(14)9(16)15-13(22-11(19)20)4-12(2-3-12)6-7(13)8(6)21-10(17)18;/h5-8H,2-4,14H2,1H3,(H,15,16)(H,17,18)(H,19,20);1H/t5-,6-,7-,8-,13-;/m0./s1. The number of hydrogen-bond donors (Lipinski definition) is 4. The molecular weight excluding hydrogens is 332 g/mol. The molecule has 10 heteroatoms. The van der Waals surface area contributed by atoms with Gasteiger partial charge < -0.3 is 30.7 Å². The van der Waals surface area contributed by atoms with Gasteiger partial charge in [-0.15, -0.1) is 12.4 Å². The Kier molecular flexibility index (Phi) is 4.15. The van der Waals surface area contributed by atoms with E-state index in [1.165, 1.54) is 6.92 Å². The van der Waals surface area contributed by atoms with Gasteiger partial charge in [-0.3, -0.25) is 4.79 Å². The van der Waals surface area contributed by atoms with E-state index in [2.05, 4.69) is 5.32 Å². The number of carboxylic acid groups (broad SMARTS) is 2. The van der Waals surface area contributed by atoms with Crippen molar-refractivity contribution in [3.8, 4) is 0 Å². The molecule has 3 saturated carbocycles. The van der Waals surface area contributed by atoms with E-state index in [0.717, 1.165) is 12.8 Å². The number of carbonyl (C=O) groups excluding carboxylic acids is 1. The average Bonchev–Trinajstić information content (AvgIpc) is 3.21. The van der Waals surface area contributed by atoms with Gasteiger partial charge in [0, 0.05) is 12.3 Å². The zero-order chi connectivity index (χ0) is 16.3. The Morgan fingerprint density at radius 1 is 1.22 bits per heavy atom. The van der Waals surface area contributed by atoms with Crippen LogP contribution < -0.4 is 11.1 Å². The van der Waals surface area contributed by atoms with Crippen molar-refractivity contribution in [3.63, 3.8) is 0 Å². The number of amides is 1. The third-order valence-corrected chi connectivity index (χ3v) is 4.96. The van der Waals surface area contributed by atoms with Crippen molar-refractivity contribution in [2.75, 3.05) is 0 Å². The number of rotatable bonds is 4. The minimum atomic E-state index is -1.53. The second-order valence-electron chi connectivity index (χ2n) is 6.47. The van der Waals surface area contributed by atoms with Crippen molar-refractivity contribution >= 4 is 30.6 Å². The first kappa shape index (κ1) is 17.6. The molecule has 0 aromatic carbocycles. The van der Waals surface area contributed by atoms with E-state index in [0.29, 0.717) is 6.42 Å². The van der Waals surface area contributed by atoms with Crippen molar-refractivity contribution in [3.05, 3.63) is 0 Å². The van der Waals surface area contributed by atoms with Gasteiger partial charge in [0.1, 0.15) is 6.10 Å². The third-order valence-electron chi connectivity index (χ3n) is 4.96. The Bertz CT molecular complexity index is 550. The molecule has 130 valence electrons. The van der Waals surface area contributed by atoms with Gasteiger partial charge in [-0.25, -0.2) is 9.59 Å². The Morgan fingerprint density at radius 2 is 1.83 bits per heavy atom. The molecular formula is C13H19ClN2O7. The SMILES string of the molecule is C[C@H](N)C(=O)N[C@]1(OC(=O)O)CC2(CC2)[C@@H]2[C@H](OC(=O)O)[C@H]21.Cl. The summed E-state index contributed by atoms with van der Waals surface area (Å²) in [7, 11) is 0. The molecule has 1 spiro atoms. The topological polar surface area (TPSA) is 148 Å². The summed E-state index contributed by atoms with van der Waals surface area (Å²) in [4.78, 5) is 33.8. The monoisotopic (exact) mass is 350 g/mol. The van der Waals surface area contributed by atoms with Gasteiger partial charge in [0.05, 0.1) is 12.0 Å². The lowest BCUT2D eigenvalue weighted by molar-refractivity contribution is -0.134. The van der Waals surface area contributed by atoms with Gasteiger partial charge >= 0.3 is 12.3 Å². The van der Waals surface area contributed by atoms with Gasteiger partial charge in [0.2, 0.25) is 5.91 Å². The van der Waals surface area contributed by atoms with Crippen LogP contribution in [0.1, 0.15) is 26.2 Å². The van der Waals surface area contributed by atoms with Crippen LogP contribution in [0.2, 0.25) is 0 Å². The number of hydrogen-bond acceptors (Lipinski definition) is 6. The molecule has 1 amide bonds. The van der Waals surface area contributed by atoms with Crippen molar-refractivity contribution in [1.29, 1.82) is 0 Å². The molecule has 3 aliphatic carbocycles. The van der Waals surface area contributed by atoms with Crippen molar-refractivity contribution < 1.29 is 34.1 Å². The van der Waals surface area contributed by atoms with Crippen LogP contribution >= 0.6 is 12.4 Å². The van der Waals surface area contributed by atoms with E-state index in [1.54, 1.807) is 0 Å². The maximum absolute atomic E-state index is 11.9. The van der Waals surface area contributed by atoms with Crippen LogP contribution in [-0.4, -0.2) is 46.3 Å². The number of nitrogens with one attached hydrogen (secondary N) is 1. The molecule has 5 atom stereocenters. The van der Waals surface area contributed by atoms with E-state index >= 15 is 0 Å². The summed E-state index contributed by atoms with van der Waals surface area (Å²) in [6.07, 6.45) is -1.58. The molecule has 0 radical (unpaired) electrons. The molecule has 3 fully saturated rings. The zero-order valence-corrected chi connectivity index (χ0v) is 13.2. The lowest BCUT2D eigenvalue weighted by Gasteiger charge is -2.33. The molecule has 0 heterocycles. The predicted octanol–water partition coefficient (Wildman–Crippen LogP) is 0.756.